The molecule has 0 saturated carbocycles. The first-order chi connectivity index (χ1) is 12.8. The molecule has 0 heterocycles. The van der Waals surface area contributed by atoms with Crippen LogP contribution in [0.25, 0.3) is 0 Å². The van der Waals surface area contributed by atoms with Crippen LogP contribution in [-0.4, -0.2) is 25.1 Å². The Hall–Kier alpha value is -2.96. The molecule has 27 heavy (non-hydrogen) atoms. The van der Waals surface area contributed by atoms with E-state index in [4.69, 9.17) is 9.47 Å². The van der Waals surface area contributed by atoms with Crippen molar-refractivity contribution in [1.82, 2.24) is 0 Å². The lowest BCUT2D eigenvalue weighted by molar-refractivity contribution is -0.149. The number of nitrogens with one attached hydrogen (secondary N) is 1. The van der Waals surface area contributed by atoms with Crippen LogP contribution in [0.5, 0.6) is 5.75 Å². The highest BCUT2D eigenvalue weighted by Gasteiger charge is 2.15. The van der Waals surface area contributed by atoms with Gasteiger partial charge in [-0.2, -0.15) is 0 Å². The summed E-state index contributed by atoms with van der Waals surface area (Å²) in [5.74, 6) is -2.68. The molecule has 0 saturated heterocycles. The van der Waals surface area contributed by atoms with Crippen LogP contribution in [-0.2, 0) is 14.3 Å². The van der Waals surface area contributed by atoms with Gasteiger partial charge in [0, 0.05) is 0 Å². The average Bonchev–Trinajstić information content (AvgIpc) is 2.61. The molecule has 2 rings (SSSR count). The Morgan fingerprint density at radius 2 is 1.74 bits per heavy atom. The van der Waals surface area contributed by atoms with Crippen molar-refractivity contribution >= 4 is 17.6 Å². The lowest BCUT2D eigenvalue weighted by atomic mass is 10.0. The van der Waals surface area contributed by atoms with Crippen LogP contribution < -0.4 is 10.1 Å². The van der Waals surface area contributed by atoms with E-state index in [9.17, 15) is 18.4 Å². The van der Waals surface area contributed by atoms with Gasteiger partial charge in [-0.15, -0.1) is 0 Å². The summed E-state index contributed by atoms with van der Waals surface area (Å²) < 4.78 is 37.2. The Labute approximate surface area is 156 Å². The third-order valence-electron chi connectivity index (χ3n) is 3.73. The molecule has 0 spiro atoms. The van der Waals surface area contributed by atoms with Gasteiger partial charge in [0.05, 0.1) is 0 Å². The highest BCUT2D eigenvalue weighted by Crippen LogP contribution is 2.27. The molecular weight excluding hydrogens is 356 g/mol. The summed E-state index contributed by atoms with van der Waals surface area (Å²) in [7, 11) is 0. The number of carbonyl (C=O) groups excluding carboxylic acids is 2. The molecule has 2 aromatic rings. The number of hydrogen-bond acceptors (Lipinski definition) is 4. The monoisotopic (exact) mass is 377 g/mol. The van der Waals surface area contributed by atoms with Gasteiger partial charge in [-0.3, -0.25) is 4.79 Å². The minimum Gasteiger partial charge on any atom is -0.482 e. The Bertz CT molecular complexity index is 816. The van der Waals surface area contributed by atoms with E-state index in [1.54, 1.807) is 0 Å². The van der Waals surface area contributed by atoms with E-state index in [1.807, 2.05) is 44.3 Å². The fourth-order valence-electron chi connectivity index (χ4n) is 2.36. The van der Waals surface area contributed by atoms with Gasteiger partial charge in [-0.1, -0.05) is 32.0 Å². The van der Waals surface area contributed by atoms with Crippen molar-refractivity contribution in [3.05, 3.63) is 59.2 Å². The number of amides is 1. The number of aryl methyl sites for hydroxylation is 1. The number of anilines is 1. The fourth-order valence-corrected chi connectivity index (χ4v) is 2.36. The predicted molar refractivity (Wildman–Crippen MR) is 96.7 cm³/mol. The molecule has 1 amide bonds. The highest BCUT2D eigenvalue weighted by atomic mass is 19.1. The largest absolute Gasteiger partial charge is 0.482 e. The van der Waals surface area contributed by atoms with Gasteiger partial charge < -0.3 is 14.8 Å². The topological polar surface area (TPSA) is 64.6 Å². The molecule has 0 aliphatic heterocycles. The molecule has 0 unspecified atom stereocenters. The number of benzene rings is 2. The number of hydrogen-bond donors (Lipinski definition) is 1. The van der Waals surface area contributed by atoms with Crippen LogP contribution in [0.4, 0.5) is 14.5 Å². The van der Waals surface area contributed by atoms with Gasteiger partial charge >= 0.3 is 5.97 Å². The van der Waals surface area contributed by atoms with E-state index in [0.717, 1.165) is 23.3 Å². The molecule has 0 aliphatic carbocycles. The van der Waals surface area contributed by atoms with Crippen LogP contribution in [0, 0.1) is 18.6 Å². The quantitative estimate of drug-likeness (QED) is 0.742. The van der Waals surface area contributed by atoms with Crippen LogP contribution in [0.3, 0.4) is 0 Å². The van der Waals surface area contributed by atoms with Crippen LogP contribution in [0.1, 0.15) is 30.9 Å². The first kappa shape index (κ1) is 20.4. The number of ether oxygens (including phenoxy) is 2. The van der Waals surface area contributed by atoms with Gasteiger partial charge in [0.15, 0.2) is 13.2 Å². The van der Waals surface area contributed by atoms with Gasteiger partial charge in [-0.05, 0) is 42.2 Å². The van der Waals surface area contributed by atoms with E-state index in [0.29, 0.717) is 5.75 Å². The van der Waals surface area contributed by atoms with E-state index in [2.05, 4.69) is 0 Å². The van der Waals surface area contributed by atoms with Gasteiger partial charge in [0.1, 0.15) is 23.1 Å². The number of esters is 1. The minimum absolute atomic E-state index is 0.207. The minimum atomic E-state index is -0.918. The Balaban J connectivity index is 1.86. The Morgan fingerprint density at radius 3 is 2.37 bits per heavy atom. The van der Waals surface area contributed by atoms with Crippen molar-refractivity contribution in [2.24, 2.45) is 0 Å². The van der Waals surface area contributed by atoms with Crippen molar-refractivity contribution < 1.29 is 27.8 Å². The number of rotatable bonds is 7. The van der Waals surface area contributed by atoms with Gasteiger partial charge in [0.2, 0.25) is 0 Å². The highest BCUT2D eigenvalue weighted by molar-refractivity contribution is 5.93. The third kappa shape index (κ3) is 5.77. The smallest absolute Gasteiger partial charge is 0.344 e. The van der Waals surface area contributed by atoms with Gasteiger partial charge in [-0.25, -0.2) is 13.6 Å². The summed E-state index contributed by atoms with van der Waals surface area (Å²) >= 11 is 0. The second-order valence-electron chi connectivity index (χ2n) is 6.29. The lowest BCUT2D eigenvalue weighted by Crippen LogP contribution is -2.24. The van der Waals surface area contributed by atoms with Gasteiger partial charge in [0.25, 0.3) is 5.91 Å². The average molecular weight is 377 g/mol. The summed E-state index contributed by atoms with van der Waals surface area (Å²) in [6.07, 6.45) is 0. The molecule has 0 aromatic heterocycles. The zero-order valence-corrected chi connectivity index (χ0v) is 15.3. The third-order valence-corrected chi connectivity index (χ3v) is 3.73. The molecular formula is C20H21F2NO4. The van der Waals surface area contributed by atoms with Crippen molar-refractivity contribution in [3.63, 3.8) is 0 Å². The molecule has 0 aliphatic rings. The van der Waals surface area contributed by atoms with E-state index in [-0.39, 0.29) is 12.5 Å². The SMILES string of the molecule is Cc1ccc(C(C)C)c(OCC(=O)OCC(=O)Nc2c(F)cccc2F)c1. The maximum Gasteiger partial charge on any atom is 0.344 e. The maximum absolute atomic E-state index is 13.5. The first-order valence-electron chi connectivity index (χ1n) is 8.40. The molecule has 0 radical (unpaired) electrons. The summed E-state index contributed by atoms with van der Waals surface area (Å²) in [4.78, 5) is 23.5. The maximum atomic E-state index is 13.5. The van der Waals surface area contributed by atoms with Crippen molar-refractivity contribution in [1.29, 1.82) is 0 Å². The van der Waals surface area contributed by atoms with E-state index in [1.165, 1.54) is 6.07 Å². The van der Waals surface area contributed by atoms with E-state index >= 15 is 0 Å². The number of halogens is 2. The number of carbonyl (C=O) groups is 2. The Kier molecular flexibility index (Phi) is 6.87. The number of para-hydroxylation sites is 1. The molecule has 0 bridgehead atoms. The fraction of sp³-hybridized carbons (Fsp3) is 0.300. The molecule has 7 heteroatoms. The van der Waals surface area contributed by atoms with Crippen molar-refractivity contribution in [2.75, 3.05) is 18.5 Å². The zero-order chi connectivity index (χ0) is 20.0. The summed E-state index contributed by atoms with van der Waals surface area (Å²) in [5.41, 5.74) is 1.34. The van der Waals surface area contributed by atoms with E-state index < -0.39 is 35.8 Å². The molecule has 5 nitrogen and oxygen atoms in total. The normalized spacial score (nSPS) is 10.6. The Morgan fingerprint density at radius 1 is 1.07 bits per heavy atom. The standard InChI is InChI=1S/C20H21F2NO4/c1-12(2)14-8-7-13(3)9-17(14)26-11-19(25)27-10-18(24)23-20-15(21)5-4-6-16(20)22/h4-9,12H,10-11H2,1-3H3,(H,23,24). The van der Waals surface area contributed by atoms with Crippen LogP contribution in [0.2, 0.25) is 0 Å². The van der Waals surface area contributed by atoms with Crippen molar-refractivity contribution in [3.8, 4) is 5.75 Å². The summed E-state index contributed by atoms with van der Waals surface area (Å²) in [5, 5.41) is 2.03. The molecule has 1 N–H and O–H groups in total. The lowest BCUT2D eigenvalue weighted by Gasteiger charge is -2.14. The molecule has 2 aromatic carbocycles. The van der Waals surface area contributed by atoms with Crippen LogP contribution >= 0.6 is 0 Å². The molecule has 0 atom stereocenters. The summed E-state index contributed by atoms with van der Waals surface area (Å²) in [6, 6.07) is 8.88. The second kappa shape index (κ2) is 9.12. The second-order valence-corrected chi connectivity index (χ2v) is 6.29. The summed E-state index contributed by atoms with van der Waals surface area (Å²) in [6.45, 7) is 4.84. The first-order valence-corrected chi connectivity index (χ1v) is 8.40. The predicted octanol–water partition coefficient (Wildman–Crippen LogP) is 3.96. The van der Waals surface area contributed by atoms with Crippen molar-refractivity contribution in [2.45, 2.75) is 26.7 Å². The molecule has 0 fully saturated rings. The van der Waals surface area contributed by atoms with Crippen LogP contribution in [0.15, 0.2) is 36.4 Å². The zero-order valence-electron chi connectivity index (χ0n) is 15.3. The molecule has 144 valence electrons.